The lowest BCUT2D eigenvalue weighted by molar-refractivity contribution is -0.178. The first kappa shape index (κ1) is 21.3. The van der Waals surface area contributed by atoms with Crippen molar-refractivity contribution in [2.24, 2.45) is 5.11 Å². The predicted octanol–water partition coefficient (Wildman–Crippen LogP) is 4.62. The summed E-state index contributed by atoms with van der Waals surface area (Å²) >= 11 is 0. The van der Waals surface area contributed by atoms with Crippen LogP contribution in [0.3, 0.4) is 0 Å². The average molecular weight is 397 g/mol. The molecule has 1 saturated heterocycles. The van der Waals surface area contributed by atoms with Crippen molar-refractivity contribution in [1.82, 2.24) is 0 Å². The van der Waals surface area contributed by atoms with E-state index in [-0.39, 0.29) is 12.6 Å². The van der Waals surface area contributed by atoms with Crippen LogP contribution in [0, 0.1) is 0 Å². The van der Waals surface area contributed by atoms with Crippen molar-refractivity contribution in [3.05, 3.63) is 82.2 Å². The lowest BCUT2D eigenvalue weighted by atomic mass is 10.1. The van der Waals surface area contributed by atoms with E-state index in [9.17, 15) is 0 Å². The van der Waals surface area contributed by atoms with E-state index < -0.39 is 18.0 Å². The van der Waals surface area contributed by atoms with E-state index >= 15 is 0 Å². The number of nitrogens with zero attached hydrogens (tertiary/aromatic N) is 3. The molecule has 1 aliphatic rings. The third-order valence-corrected chi connectivity index (χ3v) is 4.68. The molecular weight excluding hydrogens is 370 g/mol. The van der Waals surface area contributed by atoms with Crippen LogP contribution in [0.1, 0.15) is 25.0 Å². The SMILES string of the molecule is CC1(C)OC[C@H]([C@@H](OCc2ccccc2)[C@@H](CN=[N+]=[N-])OCc2ccccc2)O1. The molecular formula is C22H27N3O4. The number of ether oxygens (including phenoxy) is 4. The molecule has 0 aliphatic carbocycles. The Kier molecular flexibility index (Phi) is 7.63. The third kappa shape index (κ3) is 6.56. The second-order valence-corrected chi connectivity index (χ2v) is 7.38. The summed E-state index contributed by atoms with van der Waals surface area (Å²) in [5, 5.41) is 3.75. The minimum Gasteiger partial charge on any atom is -0.371 e. The molecule has 1 aliphatic heterocycles. The maximum atomic E-state index is 8.84. The van der Waals surface area contributed by atoms with Crippen LogP contribution in [0.5, 0.6) is 0 Å². The van der Waals surface area contributed by atoms with Gasteiger partial charge in [0.05, 0.1) is 32.5 Å². The Morgan fingerprint density at radius 1 is 1.03 bits per heavy atom. The van der Waals surface area contributed by atoms with Crippen molar-refractivity contribution in [2.45, 2.75) is 51.2 Å². The zero-order chi connectivity index (χ0) is 20.5. The van der Waals surface area contributed by atoms with Gasteiger partial charge >= 0.3 is 0 Å². The van der Waals surface area contributed by atoms with Crippen LogP contribution < -0.4 is 0 Å². The van der Waals surface area contributed by atoms with Gasteiger partial charge in [0.15, 0.2) is 5.79 Å². The summed E-state index contributed by atoms with van der Waals surface area (Å²) in [6.07, 6.45) is -1.26. The summed E-state index contributed by atoms with van der Waals surface area (Å²) in [4.78, 5) is 2.90. The molecule has 7 nitrogen and oxygen atoms in total. The molecule has 0 N–H and O–H groups in total. The molecule has 1 heterocycles. The number of rotatable bonds is 10. The van der Waals surface area contributed by atoms with Gasteiger partial charge in [-0.2, -0.15) is 0 Å². The normalized spacial score (nSPS) is 20.0. The molecule has 0 unspecified atom stereocenters. The number of hydrogen-bond acceptors (Lipinski definition) is 5. The fraction of sp³-hybridized carbons (Fsp3) is 0.455. The molecule has 0 aromatic heterocycles. The van der Waals surface area contributed by atoms with Gasteiger partial charge in [-0.15, -0.1) is 0 Å². The topological polar surface area (TPSA) is 85.7 Å². The van der Waals surface area contributed by atoms with E-state index in [1.165, 1.54) is 0 Å². The number of hydrogen-bond donors (Lipinski definition) is 0. The zero-order valence-electron chi connectivity index (χ0n) is 16.8. The van der Waals surface area contributed by atoms with Crippen molar-refractivity contribution >= 4 is 0 Å². The van der Waals surface area contributed by atoms with E-state index in [4.69, 9.17) is 24.5 Å². The fourth-order valence-corrected chi connectivity index (χ4v) is 3.24. The van der Waals surface area contributed by atoms with Crippen molar-refractivity contribution in [1.29, 1.82) is 0 Å². The van der Waals surface area contributed by atoms with Gasteiger partial charge in [0.25, 0.3) is 0 Å². The largest absolute Gasteiger partial charge is 0.371 e. The standard InChI is InChI=1S/C22H27N3O4/c1-22(2)28-16-20(29-22)21(27-15-18-11-7-4-8-12-18)19(13-24-25-23)26-14-17-9-5-3-6-10-17/h3-12,19-21H,13-16H2,1-2H3/t19-,20-,21+/m1/s1. The molecule has 0 amide bonds. The van der Waals surface area contributed by atoms with E-state index in [2.05, 4.69) is 10.0 Å². The molecule has 0 radical (unpaired) electrons. The monoisotopic (exact) mass is 397 g/mol. The maximum Gasteiger partial charge on any atom is 0.163 e. The molecule has 2 aromatic carbocycles. The van der Waals surface area contributed by atoms with Crippen LogP contribution in [-0.4, -0.2) is 37.3 Å². The zero-order valence-corrected chi connectivity index (χ0v) is 16.8. The highest BCUT2D eigenvalue weighted by atomic mass is 16.8. The second kappa shape index (κ2) is 10.4. The van der Waals surface area contributed by atoms with Gasteiger partial charge in [0.1, 0.15) is 12.2 Å². The lowest BCUT2D eigenvalue weighted by Crippen LogP contribution is -2.44. The number of azide groups is 1. The maximum absolute atomic E-state index is 8.84. The van der Waals surface area contributed by atoms with Gasteiger partial charge in [0, 0.05) is 4.91 Å². The number of benzene rings is 2. The molecule has 29 heavy (non-hydrogen) atoms. The van der Waals surface area contributed by atoms with Crippen molar-refractivity contribution < 1.29 is 18.9 Å². The van der Waals surface area contributed by atoms with Crippen molar-refractivity contribution in [3.63, 3.8) is 0 Å². The minimum absolute atomic E-state index is 0.142. The lowest BCUT2D eigenvalue weighted by Gasteiger charge is -2.31. The minimum atomic E-state index is -0.693. The van der Waals surface area contributed by atoms with Gasteiger partial charge in [-0.3, -0.25) is 0 Å². The molecule has 0 bridgehead atoms. The molecule has 3 rings (SSSR count). The second-order valence-electron chi connectivity index (χ2n) is 7.38. The summed E-state index contributed by atoms with van der Waals surface area (Å²) in [7, 11) is 0. The average Bonchev–Trinajstić information content (AvgIpc) is 3.10. The molecule has 3 atom stereocenters. The van der Waals surface area contributed by atoms with Gasteiger partial charge in [0.2, 0.25) is 0 Å². The van der Waals surface area contributed by atoms with Crippen LogP contribution in [0.4, 0.5) is 0 Å². The Morgan fingerprint density at radius 3 is 2.14 bits per heavy atom. The Labute approximate surface area is 171 Å². The van der Waals surface area contributed by atoms with E-state index in [0.29, 0.717) is 19.8 Å². The first-order valence-corrected chi connectivity index (χ1v) is 9.71. The van der Waals surface area contributed by atoms with E-state index in [0.717, 1.165) is 11.1 Å². The van der Waals surface area contributed by atoms with Gasteiger partial charge in [-0.1, -0.05) is 65.8 Å². The van der Waals surface area contributed by atoms with Crippen molar-refractivity contribution in [3.8, 4) is 0 Å². The Bertz CT molecular complexity index is 794. The highest BCUT2D eigenvalue weighted by Gasteiger charge is 2.41. The van der Waals surface area contributed by atoms with E-state index in [1.807, 2.05) is 74.5 Å². The molecule has 154 valence electrons. The first-order chi connectivity index (χ1) is 14.1. The van der Waals surface area contributed by atoms with E-state index in [1.54, 1.807) is 0 Å². The molecule has 7 heteroatoms. The summed E-state index contributed by atoms with van der Waals surface area (Å²) in [6.45, 7) is 5.04. The summed E-state index contributed by atoms with van der Waals surface area (Å²) < 4.78 is 24.2. The smallest absolute Gasteiger partial charge is 0.163 e. The predicted molar refractivity (Wildman–Crippen MR) is 109 cm³/mol. The highest BCUT2D eigenvalue weighted by Crippen LogP contribution is 2.28. The molecule has 2 aromatic rings. The van der Waals surface area contributed by atoms with Crippen LogP contribution in [-0.2, 0) is 32.2 Å². The van der Waals surface area contributed by atoms with Gasteiger partial charge < -0.3 is 18.9 Å². The Morgan fingerprint density at radius 2 is 1.62 bits per heavy atom. The van der Waals surface area contributed by atoms with Crippen LogP contribution in [0.2, 0.25) is 0 Å². The highest BCUT2D eigenvalue weighted by molar-refractivity contribution is 5.14. The van der Waals surface area contributed by atoms with Crippen LogP contribution in [0.25, 0.3) is 10.4 Å². The Balaban J connectivity index is 1.75. The fourth-order valence-electron chi connectivity index (χ4n) is 3.24. The van der Waals surface area contributed by atoms with Crippen molar-refractivity contribution in [2.75, 3.05) is 13.2 Å². The molecule has 0 spiro atoms. The van der Waals surface area contributed by atoms with Crippen LogP contribution >= 0.6 is 0 Å². The van der Waals surface area contributed by atoms with Gasteiger partial charge in [-0.25, -0.2) is 0 Å². The molecule has 1 fully saturated rings. The third-order valence-electron chi connectivity index (χ3n) is 4.68. The summed E-state index contributed by atoms with van der Waals surface area (Å²) in [5.74, 6) is -0.693. The Hall–Kier alpha value is -2.41. The van der Waals surface area contributed by atoms with Gasteiger partial charge in [-0.05, 0) is 30.5 Å². The molecule has 0 saturated carbocycles. The summed E-state index contributed by atoms with van der Waals surface area (Å²) in [6, 6.07) is 19.8. The van der Waals surface area contributed by atoms with Crippen LogP contribution in [0.15, 0.2) is 65.8 Å². The summed E-state index contributed by atoms with van der Waals surface area (Å²) in [5.41, 5.74) is 10.9. The quantitative estimate of drug-likeness (QED) is 0.333. The first-order valence-electron chi connectivity index (χ1n) is 9.71.